The second-order valence-corrected chi connectivity index (χ2v) is 3.07. The van der Waals surface area contributed by atoms with Crippen molar-refractivity contribution in [2.75, 3.05) is 0 Å². The molecule has 1 unspecified atom stereocenters. The van der Waals surface area contributed by atoms with E-state index in [-0.39, 0.29) is 0 Å². The molecule has 0 saturated carbocycles. The maximum atomic E-state index is 9.87. The summed E-state index contributed by atoms with van der Waals surface area (Å²) in [6, 6.07) is 1.49. The molecule has 0 N–H and O–H groups in total. The molecule has 3 heteroatoms. The molecule has 72 valence electrons. The van der Waals surface area contributed by atoms with Gasteiger partial charge in [0.15, 0.2) is 0 Å². The lowest BCUT2D eigenvalue weighted by atomic mass is 10.1. The lowest BCUT2D eigenvalue weighted by molar-refractivity contribution is 0.552. The van der Waals surface area contributed by atoms with Crippen LogP contribution >= 0.6 is 0 Å². The third-order valence-electron chi connectivity index (χ3n) is 1.94. The summed E-state index contributed by atoms with van der Waals surface area (Å²) < 4.78 is 0. The fraction of sp³-hybridized carbons (Fsp3) is 0.800. The van der Waals surface area contributed by atoms with E-state index in [1.54, 1.807) is 0 Å². The van der Waals surface area contributed by atoms with E-state index in [1.165, 1.54) is 25.3 Å². The summed E-state index contributed by atoms with van der Waals surface area (Å²) in [6.07, 6.45) is 7.88. The molecule has 0 saturated heterocycles. The zero-order chi connectivity index (χ0) is 9.94. The molecule has 0 spiro atoms. The number of carbonyl (C=O) groups excluding carboxylic acids is 1. The Bertz CT molecular complexity index is 201. The Morgan fingerprint density at radius 3 is 2.54 bits per heavy atom. The second-order valence-electron chi connectivity index (χ2n) is 3.07. The Kier molecular flexibility index (Phi) is 8.18. The van der Waals surface area contributed by atoms with Gasteiger partial charge in [0.25, 0.3) is 0 Å². The van der Waals surface area contributed by atoms with Crippen molar-refractivity contribution in [1.82, 2.24) is 0 Å². The minimum absolute atomic E-state index is 0.473. The lowest BCUT2D eigenvalue weighted by Crippen LogP contribution is -1.99. The van der Waals surface area contributed by atoms with E-state index < -0.39 is 6.04 Å². The Hall–Kier alpha value is -1.13. The third kappa shape index (κ3) is 7.24. The Morgan fingerprint density at radius 1 is 1.31 bits per heavy atom. The number of nitrogens with zero attached hydrogens (tertiary/aromatic N) is 2. The Balaban J connectivity index is 3.40. The molecule has 0 radical (unpaired) electrons. The molecule has 0 aromatic carbocycles. The minimum Gasteiger partial charge on any atom is -0.211 e. The van der Waals surface area contributed by atoms with Crippen LogP contribution in [0.1, 0.15) is 45.4 Å². The highest BCUT2D eigenvalue weighted by Gasteiger charge is 2.03. The highest BCUT2D eigenvalue weighted by molar-refractivity contribution is 5.34. The van der Waals surface area contributed by atoms with E-state index in [2.05, 4.69) is 11.9 Å². The number of nitriles is 1. The second kappa shape index (κ2) is 8.96. The van der Waals surface area contributed by atoms with E-state index >= 15 is 0 Å². The van der Waals surface area contributed by atoms with Crippen molar-refractivity contribution in [3.8, 4) is 6.07 Å². The first-order chi connectivity index (χ1) is 6.35. The van der Waals surface area contributed by atoms with Crippen LogP contribution in [0.15, 0.2) is 4.99 Å². The van der Waals surface area contributed by atoms with Gasteiger partial charge >= 0.3 is 0 Å². The molecule has 0 fully saturated rings. The molecule has 0 aromatic heterocycles. The number of hydrogen-bond donors (Lipinski definition) is 0. The predicted octanol–water partition coefficient (Wildman–Crippen LogP) is 2.57. The Labute approximate surface area is 79.5 Å². The summed E-state index contributed by atoms with van der Waals surface area (Å²) >= 11 is 0. The van der Waals surface area contributed by atoms with Crippen molar-refractivity contribution in [3.63, 3.8) is 0 Å². The first-order valence-corrected chi connectivity index (χ1v) is 4.81. The monoisotopic (exact) mass is 180 g/mol. The first-order valence-electron chi connectivity index (χ1n) is 4.81. The summed E-state index contributed by atoms with van der Waals surface area (Å²) in [5.41, 5.74) is 0. The lowest BCUT2D eigenvalue weighted by Gasteiger charge is -2.00. The number of hydrogen-bond acceptors (Lipinski definition) is 3. The molecule has 13 heavy (non-hydrogen) atoms. The minimum atomic E-state index is -0.473. The number of rotatable bonds is 7. The van der Waals surface area contributed by atoms with Crippen LogP contribution in [0.5, 0.6) is 0 Å². The van der Waals surface area contributed by atoms with E-state index in [1.807, 2.05) is 6.07 Å². The summed E-state index contributed by atoms with van der Waals surface area (Å²) in [7, 11) is 0. The van der Waals surface area contributed by atoms with Gasteiger partial charge in [-0.05, 0) is 6.42 Å². The van der Waals surface area contributed by atoms with Crippen molar-refractivity contribution in [1.29, 1.82) is 5.26 Å². The Morgan fingerprint density at radius 2 is 2.00 bits per heavy atom. The molecule has 3 nitrogen and oxygen atoms in total. The zero-order valence-corrected chi connectivity index (χ0v) is 8.12. The fourth-order valence-electron chi connectivity index (χ4n) is 1.16. The summed E-state index contributed by atoms with van der Waals surface area (Å²) in [5.74, 6) is 0. The molecule has 0 rings (SSSR count). The van der Waals surface area contributed by atoms with E-state index in [4.69, 9.17) is 5.26 Å². The fourth-order valence-corrected chi connectivity index (χ4v) is 1.16. The molecular formula is C10H16N2O. The molecule has 0 amide bonds. The van der Waals surface area contributed by atoms with Crippen LogP contribution in [0.3, 0.4) is 0 Å². The largest absolute Gasteiger partial charge is 0.236 e. The summed E-state index contributed by atoms with van der Waals surface area (Å²) in [4.78, 5) is 13.3. The molecule has 0 aromatic rings. The number of aliphatic imine (C=N–C) groups is 1. The topological polar surface area (TPSA) is 53.2 Å². The molecule has 0 aliphatic carbocycles. The molecule has 0 aliphatic heterocycles. The van der Waals surface area contributed by atoms with Crippen molar-refractivity contribution in [2.24, 2.45) is 4.99 Å². The molecule has 0 heterocycles. The quantitative estimate of drug-likeness (QED) is 0.343. The van der Waals surface area contributed by atoms with Gasteiger partial charge in [-0.2, -0.15) is 10.3 Å². The van der Waals surface area contributed by atoms with Crippen LogP contribution in [-0.2, 0) is 4.79 Å². The van der Waals surface area contributed by atoms with Gasteiger partial charge in [-0.25, -0.2) is 4.79 Å². The van der Waals surface area contributed by atoms with E-state index in [0.29, 0.717) is 6.42 Å². The van der Waals surface area contributed by atoms with Crippen LogP contribution in [0, 0.1) is 11.3 Å². The average molecular weight is 180 g/mol. The zero-order valence-electron chi connectivity index (χ0n) is 8.12. The first kappa shape index (κ1) is 11.9. The molecule has 0 aliphatic rings. The normalized spacial score (nSPS) is 11.4. The molecule has 1 atom stereocenters. The van der Waals surface area contributed by atoms with Gasteiger partial charge < -0.3 is 0 Å². The average Bonchev–Trinajstić information content (AvgIpc) is 2.16. The van der Waals surface area contributed by atoms with Crippen LogP contribution in [0.4, 0.5) is 0 Å². The standard InChI is InChI=1S/C10H16N2O/c1-2-3-4-5-6-7-10(8-11)12-9-13/h10H,2-7H2,1H3. The van der Waals surface area contributed by atoms with E-state index in [9.17, 15) is 4.79 Å². The van der Waals surface area contributed by atoms with Gasteiger partial charge in [-0.1, -0.05) is 39.0 Å². The van der Waals surface area contributed by atoms with Crippen molar-refractivity contribution in [2.45, 2.75) is 51.5 Å². The maximum absolute atomic E-state index is 9.87. The molecule has 0 bridgehead atoms. The van der Waals surface area contributed by atoms with Gasteiger partial charge in [-0.15, -0.1) is 0 Å². The summed E-state index contributed by atoms with van der Waals surface area (Å²) in [6.45, 7) is 2.16. The smallest absolute Gasteiger partial charge is 0.211 e. The van der Waals surface area contributed by atoms with Crippen LogP contribution in [-0.4, -0.2) is 12.1 Å². The highest BCUT2D eigenvalue weighted by atomic mass is 16.1. The predicted molar refractivity (Wildman–Crippen MR) is 50.9 cm³/mol. The van der Waals surface area contributed by atoms with Gasteiger partial charge in [0.1, 0.15) is 6.04 Å². The van der Waals surface area contributed by atoms with Gasteiger partial charge in [-0.3, -0.25) is 0 Å². The highest BCUT2D eigenvalue weighted by Crippen LogP contribution is 2.08. The number of isocyanates is 1. The van der Waals surface area contributed by atoms with Crippen LogP contribution in [0.25, 0.3) is 0 Å². The maximum Gasteiger partial charge on any atom is 0.236 e. The van der Waals surface area contributed by atoms with Gasteiger partial charge in [0, 0.05) is 0 Å². The SMILES string of the molecule is CCCCCCCC(C#N)N=C=O. The summed E-state index contributed by atoms with van der Waals surface area (Å²) in [5, 5.41) is 8.54. The van der Waals surface area contributed by atoms with Crippen LogP contribution in [0.2, 0.25) is 0 Å². The van der Waals surface area contributed by atoms with Gasteiger partial charge in [0.2, 0.25) is 6.08 Å². The van der Waals surface area contributed by atoms with Crippen molar-refractivity contribution >= 4 is 6.08 Å². The van der Waals surface area contributed by atoms with Crippen molar-refractivity contribution < 1.29 is 4.79 Å². The molecular weight excluding hydrogens is 164 g/mol. The third-order valence-corrected chi connectivity index (χ3v) is 1.94. The van der Waals surface area contributed by atoms with Gasteiger partial charge in [0.05, 0.1) is 6.07 Å². The van der Waals surface area contributed by atoms with Crippen LogP contribution < -0.4 is 0 Å². The van der Waals surface area contributed by atoms with Crippen molar-refractivity contribution in [3.05, 3.63) is 0 Å². The number of unbranched alkanes of at least 4 members (excludes halogenated alkanes) is 4. The van der Waals surface area contributed by atoms with E-state index in [0.717, 1.165) is 12.8 Å².